The van der Waals surface area contributed by atoms with Gasteiger partial charge in [0.15, 0.2) is 0 Å². The molecule has 1 saturated heterocycles. The number of benzene rings is 2. The first-order chi connectivity index (χ1) is 12.2. The summed E-state index contributed by atoms with van der Waals surface area (Å²) in [6.45, 7) is 0.688. The van der Waals surface area contributed by atoms with Crippen LogP contribution in [0.4, 0.5) is 13.2 Å². The van der Waals surface area contributed by atoms with Gasteiger partial charge in [0.1, 0.15) is 0 Å². The van der Waals surface area contributed by atoms with Gasteiger partial charge in [-0.15, -0.1) is 0 Å². The maximum Gasteiger partial charge on any atom is 0.416 e. The topological polar surface area (TPSA) is 63.4 Å². The van der Waals surface area contributed by atoms with Gasteiger partial charge in [-0.1, -0.05) is 36.4 Å². The zero-order valence-electron chi connectivity index (χ0n) is 13.9. The Hall–Kier alpha value is -1.90. The number of alkyl halides is 3. The normalized spacial score (nSPS) is 21.8. The van der Waals surface area contributed by atoms with Gasteiger partial charge in [0.05, 0.1) is 10.5 Å². The third-order valence-electron chi connectivity index (χ3n) is 4.74. The van der Waals surface area contributed by atoms with Crippen LogP contribution in [0.2, 0.25) is 0 Å². The largest absolute Gasteiger partial charge is 0.416 e. The molecule has 3 rings (SSSR count). The van der Waals surface area contributed by atoms with E-state index in [0.29, 0.717) is 12.6 Å². The molecule has 8 heteroatoms. The molecule has 0 radical (unpaired) electrons. The van der Waals surface area contributed by atoms with E-state index in [1.165, 1.54) is 10.4 Å². The van der Waals surface area contributed by atoms with Crippen LogP contribution in [-0.2, 0) is 16.2 Å². The van der Waals surface area contributed by atoms with Crippen molar-refractivity contribution >= 4 is 10.0 Å². The molecule has 2 aromatic rings. The van der Waals surface area contributed by atoms with Crippen LogP contribution in [0.5, 0.6) is 0 Å². The van der Waals surface area contributed by atoms with Gasteiger partial charge in [-0.3, -0.25) is 0 Å². The van der Waals surface area contributed by atoms with E-state index < -0.39 is 21.8 Å². The maximum absolute atomic E-state index is 12.9. The summed E-state index contributed by atoms with van der Waals surface area (Å²) in [5, 5.41) is 0. The van der Waals surface area contributed by atoms with E-state index in [1.54, 1.807) is 0 Å². The first-order valence-electron chi connectivity index (χ1n) is 8.16. The minimum atomic E-state index is -4.59. The van der Waals surface area contributed by atoms with E-state index in [-0.39, 0.29) is 29.8 Å². The molecule has 0 aliphatic carbocycles. The van der Waals surface area contributed by atoms with E-state index >= 15 is 0 Å². The van der Waals surface area contributed by atoms with Crippen molar-refractivity contribution in [2.24, 2.45) is 11.7 Å². The molecule has 0 unspecified atom stereocenters. The summed E-state index contributed by atoms with van der Waals surface area (Å²) < 4.78 is 65.7. The second-order valence-electron chi connectivity index (χ2n) is 6.36. The zero-order chi connectivity index (χ0) is 18.9. The van der Waals surface area contributed by atoms with Crippen molar-refractivity contribution in [3.63, 3.8) is 0 Å². The van der Waals surface area contributed by atoms with Gasteiger partial charge in [-0.05, 0) is 36.2 Å². The summed E-state index contributed by atoms with van der Waals surface area (Å²) in [4.78, 5) is -0.350. The third-order valence-corrected chi connectivity index (χ3v) is 6.56. The van der Waals surface area contributed by atoms with Crippen molar-refractivity contribution in [2.45, 2.75) is 17.0 Å². The number of nitrogens with zero attached hydrogens (tertiary/aromatic N) is 1. The Bertz CT molecular complexity index is 870. The van der Waals surface area contributed by atoms with Crippen LogP contribution in [0.1, 0.15) is 17.0 Å². The van der Waals surface area contributed by atoms with E-state index in [4.69, 9.17) is 5.73 Å². The van der Waals surface area contributed by atoms with Crippen molar-refractivity contribution in [2.75, 3.05) is 19.6 Å². The molecule has 140 valence electrons. The lowest BCUT2D eigenvalue weighted by atomic mass is 9.89. The van der Waals surface area contributed by atoms with E-state index in [0.717, 1.165) is 17.7 Å². The fourth-order valence-corrected chi connectivity index (χ4v) is 4.90. The van der Waals surface area contributed by atoms with E-state index in [2.05, 4.69) is 0 Å². The summed E-state index contributed by atoms with van der Waals surface area (Å²) in [6.07, 6.45) is -4.59. The number of halogens is 3. The lowest BCUT2D eigenvalue weighted by Gasteiger charge is -2.18. The number of rotatable bonds is 4. The zero-order valence-corrected chi connectivity index (χ0v) is 14.7. The number of hydrogen-bond donors (Lipinski definition) is 1. The molecule has 1 aliphatic heterocycles. The average Bonchev–Trinajstić information content (AvgIpc) is 3.07. The Morgan fingerprint density at radius 1 is 1.04 bits per heavy atom. The van der Waals surface area contributed by atoms with E-state index in [9.17, 15) is 21.6 Å². The minimum Gasteiger partial charge on any atom is -0.330 e. The Labute approximate surface area is 150 Å². The predicted octanol–water partition coefficient (Wildman–Crippen LogP) is 3.07. The number of nitrogens with two attached hydrogens (primary N) is 1. The maximum atomic E-state index is 12.9. The lowest BCUT2D eigenvalue weighted by molar-refractivity contribution is -0.137. The van der Waals surface area contributed by atoms with Gasteiger partial charge in [0.25, 0.3) is 0 Å². The van der Waals surface area contributed by atoms with Crippen molar-refractivity contribution in [1.29, 1.82) is 0 Å². The molecule has 1 heterocycles. The summed E-state index contributed by atoms with van der Waals surface area (Å²) in [7, 11) is -4.03. The van der Waals surface area contributed by atoms with Gasteiger partial charge >= 0.3 is 6.18 Å². The molecule has 0 amide bonds. The summed E-state index contributed by atoms with van der Waals surface area (Å²) in [5.74, 6) is -0.167. The standard InChI is InChI=1S/C18H19F3N2O2S/c19-18(20,21)15-7-4-8-16(9-15)26(24,25)23-11-14(10-22)17(12-23)13-5-2-1-3-6-13/h1-9,14,17H,10-12,22H2/t14-,17+/m1/s1. The van der Waals surface area contributed by atoms with Crippen molar-refractivity contribution in [3.05, 3.63) is 65.7 Å². The SMILES string of the molecule is NC[C@@H]1CN(S(=O)(=O)c2cccc(C(F)(F)F)c2)C[C@H]1c1ccccc1. The highest BCUT2D eigenvalue weighted by Crippen LogP contribution is 2.36. The van der Waals surface area contributed by atoms with Gasteiger partial charge in [0.2, 0.25) is 10.0 Å². The van der Waals surface area contributed by atoms with Crippen LogP contribution in [0.3, 0.4) is 0 Å². The van der Waals surface area contributed by atoms with Crippen molar-refractivity contribution in [3.8, 4) is 0 Å². The molecule has 0 saturated carbocycles. The summed E-state index contributed by atoms with van der Waals surface area (Å²) in [6, 6.07) is 13.3. The molecule has 2 atom stereocenters. The molecule has 0 aromatic heterocycles. The van der Waals surface area contributed by atoms with Crippen LogP contribution >= 0.6 is 0 Å². The van der Waals surface area contributed by atoms with Crippen molar-refractivity contribution < 1.29 is 21.6 Å². The molecular weight excluding hydrogens is 365 g/mol. The molecule has 0 bridgehead atoms. The Kier molecular flexibility index (Phi) is 5.09. The van der Waals surface area contributed by atoms with Crippen LogP contribution < -0.4 is 5.73 Å². The Balaban J connectivity index is 1.91. The smallest absolute Gasteiger partial charge is 0.330 e. The van der Waals surface area contributed by atoms with Gasteiger partial charge in [-0.25, -0.2) is 8.42 Å². The second kappa shape index (κ2) is 7.02. The fraction of sp³-hybridized carbons (Fsp3) is 0.333. The lowest BCUT2D eigenvalue weighted by Crippen LogP contribution is -2.30. The molecule has 2 aromatic carbocycles. The van der Waals surface area contributed by atoms with Gasteiger partial charge in [-0.2, -0.15) is 17.5 Å². The van der Waals surface area contributed by atoms with Gasteiger partial charge < -0.3 is 5.73 Å². The second-order valence-corrected chi connectivity index (χ2v) is 8.30. The molecule has 1 fully saturated rings. The number of sulfonamides is 1. The molecular formula is C18H19F3N2O2S. The highest BCUT2D eigenvalue weighted by Gasteiger charge is 2.40. The highest BCUT2D eigenvalue weighted by atomic mass is 32.2. The monoisotopic (exact) mass is 384 g/mol. The molecule has 0 spiro atoms. The molecule has 2 N–H and O–H groups in total. The van der Waals surface area contributed by atoms with Gasteiger partial charge in [0, 0.05) is 19.0 Å². The fourth-order valence-electron chi connectivity index (χ4n) is 3.33. The highest BCUT2D eigenvalue weighted by molar-refractivity contribution is 7.89. The quantitative estimate of drug-likeness (QED) is 0.881. The van der Waals surface area contributed by atoms with Crippen molar-refractivity contribution in [1.82, 2.24) is 4.31 Å². The minimum absolute atomic E-state index is 0.0817. The number of hydrogen-bond acceptors (Lipinski definition) is 3. The van der Waals surface area contributed by atoms with E-state index in [1.807, 2.05) is 30.3 Å². The summed E-state index contributed by atoms with van der Waals surface area (Å²) in [5.41, 5.74) is 5.81. The van der Waals surface area contributed by atoms with Crippen LogP contribution in [0.15, 0.2) is 59.5 Å². The summed E-state index contributed by atoms with van der Waals surface area (Å²) >= 11 is 0. The van der Waals surface area contributed by atoms with Crippen LogP contribution in [0.25, 0.3) is 0 Å². The Morgan fingerprint density at radius 3 is 2.35 bits per heavy atom. The molecule has 26 heavy (non-hydrogen) atoms. The first kappa shape index (κ1) is 18.9. The predicted molar refractivity (Wildman–Crippen MR) is 91.9 cm³/mol. The molecule has 4 nitrogen and oxygen atoms in total. The average molecular weight is 384 g/mol. The molecule has 1 aliphatic rings. The first-order valence-corrected chi connectivity index (χ1v) is 9.60. The van der Waals surface area contributed by atoms with Crippen LogP contribution in [-0.4, -0.2) is 32.4 Å². The third kappa shape index (κ3) is 3.62. The van der Waals surface area contributed by atoms with Crippen LogP contribution in [0, 0.1) is 5.92 Å². The Morgan fingerprint density at radius 2 is 1.73 bits per heavy atom.